The predicted octanol–water partition coefficient (Wildman–Crippen LogP) is 18.7. The Balaban J connectivity index is 0.000000129. The van der Waals surface area contributed by atoms with Crippen molar-refractivity contribution in [2.75, 3.05) is 105 Å². The monoisotopic (exact) mass is 1780 g/mol. The molecule has 8 aromatic carbocycles. The molecule has 3 aliphatic rings. The normalized spacial score (nSPS) is 13.6. The van der Waals surface area contributed by atoms with Gasteiger partial charge in [-0.2, -0.15) is 39.1 Å². The van der Waals surface area contributed by atoms with Gasteiger partial charge in [-0.3, -0.25) is 24.8 Å². The van der Waals surface area contributed by atoms with Gasteiger partial charge in [0.1, 0.15) is 23.3 Å². The Morgan fingerprint density at radius 2 is 0.598 bits per heavy atom. The molecular weight excluding hydrogens is 1670 g/mol. The van der Waals surface area contributed by atoms with Crippen LogP contribution in [-0.2, 0) is 4.74 Å². The van der Waals surface area contributed by atoms with Gasteiger partial charge in [0, 0.05) is 143 Å². The summed E-state index contributed by atoms with van der Waals surface area (Å²) >= 11 is 0. The van der Waals surface area contributed by atoms with Gasteiger partial charge in [-0.1, -0.05) is 55.0 Å². The van der Waals surface area contributed by atoms with Crippen LogP contribution in [0.5, 0.6) is 0 Å². The van der Waals surface area contributed by atoms with Crippen molar-refractivity contribution >= 4 is 67.7 Å². The van der Waals surface area contributed by atoms with Crippen LogP contribution >= 0.6 is 0 Å². The van der Waals surface area contributed by atoms with E-state index in [4.69, 9.17) is 10.5 Å². The topological polar surface area (TPSA) is 284 Å². The highest BCUT2D eigenvalue weighted by Crippen LogP contribution is 2.39. The number of benzene rings is 8. The highest BCUT2D eigenvalue weighted by Gasteiger charge is 2.23. The number of rotatable bonds is 21. The number of nitrogens with two attached hydrogens (primary N) is 1. The fraction of sp³-hybridized carbons (Fsp3) is 0.262. The number of pyridine rings is 4. The van der Waals surface area contributed by atoms with Crippen molar-refractivity contribution in [3.8, 4) is 89.5 Å². The van der Waals surface area contributed by atoms with E-state index in [1.54, 1.807) is 114 Å². The number of ether oxygens (including phenoxy) is 1. The molecule has 0 radical (unpaired) electrons. The lowest BCUT2D eigenvalue weighted by atomic mass is 9.97. The fourth-order valence-corrected chi connectivity index (χ4v) is 16.9. The third-order valence-electron chi connectivity index (χ3n) is 24.0. The van der Waals surface area contributed by atoms with Crippen LogP contribution in [0.4, 0.5) is 36.7 Å². The molecule has 0 atom stereocenters. The van der Waals surface area contributed by atoms with E-state index >= 15 is 0 Å². The highest BCUT2D eigenvalue weighted by atomic mass is 19.1. The zero-order valence-corrected chi connectivity index (χ0v) is 74.2. The predicted molar refractivity (Wildman–Crippen MR) is 509 cm³/mol. The summed E-state index contributed by atoms with van der Waals surface area (Å²) in [5.74, 6) is -0.943. The molecular formula is C103H104F4N20O5. The van der Waals surface area contributed by atoms with E-state index in [2.05, 4.69) is 76.3 Å². The number of morpholine rings is 1. The van der Waals surface area contributed by atoms with Gasteiger partial charge >= 0.3 is 24.1 Å². The minimum atomic E-state index is -0.318. The maximum Gasteiger partial charge on any atom is 0.342 e. The van der Waals surface area contributed by atoms with E-state index < -0.39 is 0 Å². The summed E-state index contributed by atoms with van der Waals surface area (Å²) in [6, 6.07) is 57.9. The van der Waals surface area contributed by atoms with Crippen LogP contribution in [0.15, 0.2) is 244 Å². The summed E-state index contributed by atoms with van der Waals surface area (Å²) < 4.78 is 66.0. The fourth-order valence-electron chi connectivity index (χ4n) is 16.9. The number of amides is 4. The number of halogens is 4. The van der Waals surface area contributed by atoms with Gasteiger partial charge in [0.2, 0.25) is 0 Å². The number of nitrogens with one attached hydrogen (secondary N) is 4. The van der Waals surface area contributed by atoms with Gasteiger partial charge in [0.15, 0.2) is 0 Å². The number of aryl methyl sites for hydroxylation is 4. The molecule has 0 spiro atoms. The van der Waals surface area contributed by atoms with Crippen molar-refractivity contribution in [1.29, 1.82) is 0 Å². The number of fused-ring (bicyclic) bond motifs is 4. The number of piperidine rings is 1. The molecule has 8 aromatic heterocycles. The Morgan fingerprint density at radius 3 is 0.902 bits per heavy atom. The maximum atomic E-state index is 13.8. The third-order valence-corrected chi connectivity index (χ3v) is 24.0. The van der Waals surface area contributed by atoms with E-state index in [1.807, 2.05) is 133 Å². The molecule has 16 aromatic rings. The zero-order valence-electron chi connectivity index (χ0n) is 74.2. The Kier molecular flexibility index (Phi) is 29.6. The minimum absolute atomic E-state index is 0.213. The van der Waals surface area contributed by atoms with Gasteiger partial charge in [-0.25, -0.2) is 36.7 Å². The van der Waals surface area contributed by atoms with Crippen LogP contribution in [0, 0.1) is 51.0 Å². The molecule has 3 saturated heterocycles. The second kappa shape index (κ2) is 42.9. The maximum absolute atomic E-state index is 13.8. The number of hydrogen-bond donors (Lipinski definition) is 5. The molecule has 3 aliphatic heterocycles. The van der Waals surface area contributed by atoms with Crippen LogP contribution in [0.25, 0.3) is 133 Å². The molecule has 19 rings (SSSR count). The van der Waals surface area contributed by atoms with Crippen molar-refractivity contribution in [1.82, 2.24) is 95.0 Å². The van der Waals surface area contributed by atoms with Crippen LogP contribution in [0.1, 0.15) is 67.2 Å². The molecule has 132 heavy (non-hydrogen) atoms. The van der Waals surface area contributed by atoms with Crippen LogP contribution in [0.3, 0.4) is 0 Å². The number of likely N-dealkylation sites (tertiary alicyclic amines) is 2. The minimum Gasteiger partial charge on any atom is -0.379 e. The Morgan fingerprint density at radius 1 is 0.326 bits per heavy atom. The summed E-state index contributed by atoms with van der Waals surface area (Å²) in [6.45, 7) is 20.4. The largest absolute Gasteiger partial charge is 0.379 e. The molecule has 674 valence electrons. The molecule has 4 amide bonds. The first-order chi connectivity index (χ1) is 64.4. The summed E-state index contributed by atoms with van der Waals surface area (Å²) in [4.78, 5) is 75.8. The van der Waals surface area contributed by atoms with E-state index in [-0.39, 0.29) is 47.4 Å². The lowest BCUT2D eigenvalue weighted by Crippen LogP contribution is -2.38. The SMILES string of the molecule is Cc1cc(-c2ncccc2-c2ccc3c(cnn3C(=O)NCCCN3CCCCC3)c2)ccc1F.Cc1cc(-c2ncccc2-c2ccc3c(cnn3C(=O)NCCCN3CCOCC3)c2)ccc1F.Cc1cc(-c2ncccc2-c2ccc3c(cnn3C(=O)NCCN)c2)ccc1F.Cc1cc(-c2ncccc2-c2ccc3c(cnn3C(=O)NCCN3CCCC3)c2)ccc1F. The molecule has 0 aliphatic carbocycles. The van der Waals surface area contributed by atoms with Crippen LogP contribution in [0.2, 0.25) is 0 Å². The molecule has 29 heteroatoms. The molecule has 6 N–H and O–H groups in total. The van der Waals surface area contributed by atoms with Gasteiger partial charge < -0.3 is 41.5 Å². The Hall–Kier alpha value is -14.4. The van der Waals surface area contributed by atoms with E-state index in [1.165, 1.54) is 88.2 Å². The lowest BCUT2D eigenvalue weighted by Gasteiger charge is -2.26. The van der Waals surface area contributed by atoms with Crippen molar-refractivity contribution in [2.45, 2.75) is 72.6 Å². The molecule has 25 nitrogen and oxygen atoms in total. The standard InChI is InChI=1S/C28H30FN5O.C27H28FN5O2.C26H26FN5O.C22H20FN5O/c1-20-17-22(8-10-25(20)29)27-24(7-5-12-30-27)21-9-11-26-23(18-21)19-32-34(26)28(35)31-13-6-16-33-14-3-2-4-15-33;1-19-16-21(5-7-24(19)28)26-23(4-2-9-29-26)20-6-8-25-22(17-20)18-31-33(25)27(34)30-10-3-11-32-12-14-35-15-13-32;1-18-15-20(6-8-23(18)27)25-22(5-4-10-28-25)19-7-9-24-21(16-19)17-30-32(24)26(33)29-11-14-31-12-2-3-13-31;1-14-11-16(4-6-19(14)23)21-18(3-2-9-25-21)15-5-7-20-17(12-15)13-27-28(20)22(29)26-10-8-24/h5,7-12,17-19H,2-4,6,13-16H2,1H3,(H,31,35);2,4-9,16-18H,3,10-15H2,1H3,(H,30,34);4-10,15-17H,2-3,11-14H2,1H3,(H,29,33);2-7,9,11-13H,8,10,24H2,1H3,(H,26,29). The van der Waals surface area contributed by atoms with Gasteiger partial charge in [-0.05, 0) is 296 Å². The Labute approximate surface area is 762 Å². The quantitative estimate of drug-likeness (QED) is 0.0330. The highest BCUT2D eigenvalue weighted by molar-refractivity contribution is 5.98. The van der Waals surface area contributed by atoms with Crippen molar-refractivity contribution in [2.24, 2.45) is 5.73 Å². The average Bonchev–Trinajstić information content (AvgIpc) is 1.58. The van der Waals surface area contributed by atoms with E-state index in [9.17, 15) is 36.7 Å². The third kappa shape index (κ3) is 21.7. The number of hydrogen-bond acceptors (Lipinski definition) is 17. The molecule has 0 saturated carbocycles. The summed E-state index contributed by atoms with van der Waals surface area (Å²) in [6.07, 6.45) is 21.9. The second-order valence-electron chi connectivity index (χ2n) is 33.1. The lowest BCUT2D eigenvalue weighted by molar-refractivity contribution is 0.0375. The van der Waals surface area contributed by atoms with Gasteiger partial charge in [0.05, 0.1) is 82.8 Å². The molecule has 0 bridgehead atoms. The van der Waals surface area contributed by atoms with Crippen molar-refractivity contribution in [3.05, 3.63) is 289 Å². The first kappa shape index (κ1) is 91.0. The van der Waals surface area contributed by atoms with Gasteiger partial charge in [0.25, 0.3) is 0 Å². The number of carbonyl (C=O) groups is 4. The van der Waals surface area contributed by atoms with Crippen molar-refractivity contribution in [3.63, 3.8) is 0 Å². The molecule has 11 heterocycles. The molecule has 0 unspecified atom stereocenters. The van der Waals surface area contributed by atoms with E-state index in [0.717, 1.165) is 200 Å². The summed E-state index contributed by atoms with van der Waals surface area (Å²) in [7, 11) is 0. The first-order valence-electron chi connectivity index (χ1n) is 44.7. The van der Waals surface area contributed by atoms with Crippen LogP contribution < -0.4 is 27.0 Å². The number of nitrogens with zero attached hydrogens (tertiary/aromatic N) is 15. The summed E-state index contributed by atoms with van der Waals surface area (Å²) in [5, 5.41) is 32.2. The average molecular weight is 1780 g/mol. The van der Waals surface area contributed by atoms with E-state index in [0.29, 0.717) is 60.5 Å². The smallest absolute Gasteiger partial charge is 0.342 e. The molecule has 3 fully saturated rings. The second-order valence-corrected chi connectivity index (χ2v) is 33.1. The number of aromatic nitrogens is 12. The first-order valence-corrected chi connectivity index (χ1v) is 44.7. The van der Waals surface area contributed by atoms with Crippen LogP contribution in [-0.4, -0.2) is 203 Å². The summed E-state index contributed by atoms with van der Waals surface area (Å²) in [5.41, 5.74) is 24.8. The van der Waals surface area contributed by atoms with Gasteiger partial charge in [-0.15, -0.1) is 0 Å². The number of carbonyl (C=O) groups excluding carboxylic acids is 4. The zero-order chi connectivity index (χ0) is 91.6. The van der Waals surface area contributed by atoms with Crippen molar-refractivity contribution < 1.29 is 41.5 Å². The Bertz CT molecular complexity index is 6600.